The summed E-state index contributed by atoms with van der Waals surface area (Å²) in [7, 11) is 0. The lowest BCUT2D eigenvalue weighted by molar-refractivity contribution is 0.330. The van der Waals surface area contributed by atoms with Crippen molar-refractivity contribution in [2.24, 2.45) is 0 Å². The Labute approximate surface area is 84.6 Å². The molecule has 0 amide bonds. The van der Waals surface area contributed by atoms with Gasteiger partial charge in [-0.2, -0.15) is 10.2 Å². The molecule has 1 rings (SSSR count). The molecule has 0 radical (unpaired) electrons. The summed E-state index contributed by atoms with van der Waals surface area (Å²) in [5.74, 6) is 0. The van der Waals surface area contributed by atoms with Crippen molar-refractivity contribution >= 4 is 0 Å². The summed E-state index contributed by atoms with van der Waals surface area (Å²) in [4.78, 5) is 0. The zero-order chi connectivity index (χ0) is 10.2. The van der Waals surface area contributed by atoms with Crippen LogP contribution >= 0.6 is 0 Å². The predicted molar refractivity (Wildman–Crippen MR) is 54.8 cm³/mol. The summed E-state index contributed by atoms with van der Waals surface area (Å²) in [6, 6.07) is 1.98. The lowest BCUT2D eigenvalue weighted by atomic mass is 10.1. The van der Waals surface area contributed by atoms with E-state index in [0.717, 1.165) is 25.7 Å². The van der Waals surface area contributed by atoms with Crippen LogP contribution in [0.3, 0.4) is 0 Å². The van der Waals surface area contributed by atoms with Gasteiger partial charge in [0.2, 0.25) is 0 Å². The Balaban J connectivity index is 2.05. The molecule has 0 saturated heterocycles. The van der Waals surface area contributed by atoms with Crippen LogP contribution in [-0.4, -0.2) is 16.4 Å². The standard InChI is InChI=1S/C11H17FN2/c1-10(12)5-3-2-4-6-11-7-8-13-14-9-11/h7-10H,2-6H2,1H3. The number of aromatic nitrogens is 2. The van der Waals surface area contributed by atoms with E-state index < -0.39 is 6.17 Å². The maximum atomic E-state index is 12.4. The zero-order valence-electron chi connectivity index (χ0n) is 8.62. The highest BCUT2D eigenvalue weighted by Crippen LogP contribution is 2.08. The van der Waals surface area contributed by atoms with E-state index >= 15 is 0 Å². The molecule has 0 saturated carbocycles. The lowest BCUT2D eigenvalue weighted by Gasteiger charge is -2.02. The molecule has 0 bridgehead atoms. The Morgan fingerprint density at radius 3 is 2.79 bits per heavy atom. The molecule has 0 aromatic carbocycles. The van der Waals surface area contributed by atoms with E-state index in [1.165, 1.54) is 5.56 Å². The number of aryl methyl sites for hydroxylation is 1. The van der Waals surface area contributed by atoms with E-state index in [-0.39, 0.29) is 0 Å². The maximum absolute atomic E-state index is 12.4. The molecule has 0 aliphatic heterocycles. The van der Waals surface area contributed by atoms with E-state index in [4.69, 9.17) is 0 Å². The summed E-state index contributed by atoms with van der Waals surface area (Å²) in [5.41, 5.74) is 1.22. The van der Waals surface area contributed by atoms with Gasteiger partial charge in [0.15, 0.2) is 0 Å². The van der Waals surface area contributed by atoms with E-state index in [1.54, 1.807) is 19.3 Å². The van der Waals surface area contributed by atoms with Gasteiger partial charge in [0.05, 0.1) is 12.4 Å². The third kappa shape index (κ3) is 4.90. The van der Waals surface area contributed by atoms with Crippen LogP contribution in [0.5, 0.6) is 0 Å². The molecule has 1 aromatic heterocycles. The van der Waals surface area contributed by atoms with Gasteiger partial charge >= 0.3 is 0 Å². The number of rotatable bonds is 6. The van der Waals surface area contributed by atoms with Crippen LogP contribution in [0.2, 0.25) is 0 Å². The second-order valence-electron chi connectivity index (χ2n) is 3.63. The van der Waals surface area contributed by atoms with Gasteiger partial charge in [0, 0.05) is 6.20 Å². The minimum atomic E-state index is -0.655. The normalized spacial score (nSPS) is 12.7. The van der Waals surface area contributed by atoms with Crippen LogP contribution in [0.4, 0.5) is 4.39 Å². The number of unbranched alkanes of at least 4 members (excludes halogenated alkanes) is 2. The number of halogens is 1. The third-order valence-electron chi connectivity index (χ3n) is 2.21. The van der Waals surface area contributed by atoms with E-state index in [1.807, 2.05) is 6.07 Å². The van der Waals surface area contributed by atoms with Gasteiger partial charge in [0.25, 0.3) is 0 Å². The van der Waals surface area contributed by atoms with Gasteiger partial charge < -0.3 is 0 Å². The van der Waals surface area contributed by atoms with Crippen molar-refractivity contribution in [1.82, 2.24) is 10.2 Å². The first-order chi connectivity index (χ1) is 6.79. The fourth-order valence-corrected chi connectivity index (χ4v) is 1.40. The predicted octanol–water partition coefficient (Wildman–Crippen LogP) is 2.94. The maximum Gasteiger partial charge on any atom is 0.0973 e. The molecule has 1 aromatic rings. The topological polar surface area (TPSA) is 25.8 Å². The van der Waals surface area contributed by atoms with Crippen molar-refractivity contribution in [3.63, 3.8) is 0 Å². The summed E-state index contributed by atoms with van der Waals surface area (Å²) >= 11 is 0. The van der Waals surface area contributed by atoms with E-state index in [0.29, 0.717) is 6.42 Å². The second kappa shape index (κ2) is 6.46. The number of nitrogens with zero attached hydrogens (tertiary/aromatic N) is 2. The Bertz CT molecular complexity index is 236. The first kappa shape index (κ1) is 11.1. The minimum Gasteiger partial charge on any atom is -0.248 e. The SMILES string of the molecule is CC(F)CCCCCc1ccnnc1. The zero-order valence-corrected chi connectivity index (χ0v) is 8.62. The molecule has 2 nitrogen and oxygen atoms in total. The Morgan fingerprint density at radius 2 is 2.14 bits per heavy atom. The fraction of sp³-hybridized carbons (Fsp3) is 0.636. The van der Waals surface area contributed by atoms with Crippen molar-refractivity contribution in [2.75, 3.05) is 0 Å². The summed E-state index contributed by atoms with van der Waals surface area (Å²) < 4.78 is 12.4. The van der Waals surface area contributed by atoms with Gasteiger partial charge in [-0.3, -0.25) is 0 Å². The van der Waals surface area contributed by atoms with Crippen molar-refractivity contribution in [3.8, 4) is 0 Å². The van der Waals surface area contributed by atoms with Crippen LogP contribution in [0.1, 0.15) is 38.2 Å². The van der Waals surface area contributed by atoms with Crippen LogP contribution in [-0.2, 0) is 6.42 Å². The summed E-state index contributed by atoms with van der Waals surface area (Å²) in [6.45, 7) is 1.62. The van der Waals surface area contributed by atoms with Gasteiger partial charge in [0.1, 0.15) is 0 Å². The van der Waals surface area contributed by atoms with Crippen LogP contribution in [0.25, 0.3) is 0 Å². The van der Waals surface area contributed by atoms with Crippen LogP contribution in [0, 0.1) is 0 Å². The molecule has 1 unspecified atom stereocenters. The van der Waals surface area contributed by atoms with E-state index in [9.17, 15) is 4.39 Å². The molecule has 0 spiro atoms. The van der Waals surface area contributed by atoms with Crippen molar-refractivity contribution in [3.05, 3.63) is 24.0 Å². The molecule has 1 heterocycles. The number of hydrogen-bond donors (Lipinski definition) is 0. The second-order valence-corrected chi connectivity index (χ2v) is 3.63. The minimum absolute atomic E-state index is 0.655. The average Bonchev–Trinajstić information content (AvgIpc) is 2.18. The molecular weight excluding hydrogens is 179 g/mol. The van der Waals surface area contributed by atoms with Gasteiger partial charge in [-0.05, 0) is 37.8 Å². The number of hydrogen-bond acceptors (Lipinski definition) is 2. The average molecular weight is 196 g/mol. The molecule has 3 heteroatoms. The van der Waals surface area contributed by atoms with Gasteiger partial charge in [-0.25, -0.2) is 4.39 Å². The first-order valence-electron chi connectivity index (χ1n) is 5.18. The molecule has 0 fully saturated rings. The fourth-order valence-electron chi connectivity index (χ4n) is 1.40. The molecule has 1 atom stereocenters. The Hall–Kier alpha value is -0.990. The number of alkyl halides is 1. The van der Waals surface area contributed by atoms with Crippen molar-refractivity contribution < 1.29 is 4.39 Å². The van der Waals surface area contributed by atoms with Gasteiger partial charge in [-0.1, -0.05) is 12.8 Å². The van der Waals surface area contributed by atoms with Crippen molar-refractivity contribution in [1.29, 1.82) is 0 Å². The quantitative estimate of drug-likeness (QED) is 0.654. The lowest BCUT2D eigenvalue weighted by Crippen LogP contribution is -1.93. The third-order valence-corrected chi connectivity index (χ3v) is 2.21. The molecule has 14 heavy (non-hydrogen) atoms. The largest absolute Gasteiger partial charge is 0.248 e. The molecule has 0 N–H and O–H groups in total. The molecular formula is C11H17FN2. The highest BCUT2D eigenvalue weighted by atomic mass is 19.1. The molecule has 0 aliphatic rings. The van der Waals surface area contributed by atoms with Crippen LogP contribution in [0.15, 0.2) is 18.5 Å². The highest BCUT2D eigenvalue weighted by molar-refractivity contribution is 5.04. The highest BCUT2D eigenvalue weighted by Gasteiger charge is 1.98. The van der Waals surface area contributed by atoms with Crippen LogP contribution < -0.4 is 0 Å². The van der Waals surface area contributed by atoms with E-state index in [2.05, 4.69) is 10.2 Å². The summed E-state index contributed by atoms with van der Waals surface area (Å²) in [5, 5.41) is 7.52. The van der Waals surface area contributed by atoms with Gasteiger partial charge in [-0.15, -0.1) is 0 Å². The Morgan fingerprint density at radius 1 is 1.29 bits per heavy atom. The smallest absolute Gasteiger partial charge is 0.0973 e. The first-order valence-corrected chi connectivity index (χ1v) is 5.18. The Kier molecular flexibility index (Phi) is 5.12. The summed E-state index contributed by atoms with van der Waals surface area (Å²) in [6.07, 6.45) is 7.74. The van der Waals surface area contributed by atoms with Crippen molar-refractivity contribution in [2.45, 2.75) is 45.2 Å². The molecule has 0 aliphatic carbocycles. The monoisotopic (exact) mass is 196 g/mol. The molecule has 78 valence electrons.